The molecule has 1 heterocycles. The number of halogens is 1. The van der Waals surface area contributed by atoms with Gasteiger partial charge in [-0.25, -0.2) is 12.8 Å². The average molecular weight is 287 g/mol. The summed E-state index contributed by atoms with van der Waals surface area (Å²) in [6, 6.07) is 2.74. The standard InChI is InChI=1S/C13H18FNO3S/c1-19(17,18)11-5-4-10(13(16)12(11)14)7-9-3-2-6-15-8-9/h4-5,9,15-16H,2-3,6-8H2,1H3. The average Bonchev–Trinajstić information content (AvgIpc) is 2.35. The monoisotopic (exact) mass is 287 g/mol. The Morgan fingerprint density at radius 3 is 2.79 bits per heavy atom. The van der Waals surface area contributed by atoms with Crippen LogP contribution in [0, 0.1) is 11.7 Å². The lowest BCUT2D eigenvalue weighted by Gasteiger charge is -2.23. The van der Waals surface area contributed by atoms with Gasteiger partial charge in [0, 0.05) is 6.26 Å². The second-order valence-electron chi connectivity index (χ2n) is 5.07. The zero-order valence-corrected chi connectivity index (χ0v) is 11.6. The zero-order chi connectivity index (χ0) is 14.0. The van der Waals surface area contributed by atoms with Gasteiger partial charge in [0.2, 0.25) is 0 Å². The van der Waals surface area contributed by atoms with Crippen molar-refractivity contribution in [1.82, 2.24) is 5.32 Å². The summed E-state index contributed by atoms with van der Waals surface area (Å²) in [7, 11) is -3.65. The van der Waals surface area contributed by atoms with Crippen molar-refractivity contribution in [2.75, 3.05) is 19.3 Å². The van der Waals surface area contributed by atoms with E-state index in [2.05, 4.69) is 5.32 Å². The highest BCUT2D eigenvalue weighted by Gasteiger charge is 2.22. The van der Waals surface area contributed by atoms with Crippen molar-refractivity contribution in [3.8, 4) is 5.75 Å². The van der Waals surface area contributed by atoms with Crippen molar-refractivity contribution in [3.63, 3.8) is 0 Å². The molecule has 106 valence electrons. The van der Waals surface area contributed by atoms with Gasteiger partial charge < -0.3 is 10.4 Å². The Balaban J connectivity index is 2.26. The lowest BCUT2D eigenvalue weighted by Crippen LogP contribution is -2.30. The highest BCUT2D eigenvalue weighted by atomic mass is 32.2. The molecule has 0 saturated carbocycles. The molecule has 0 aromatic heterocycles. The summed E-state index contributed by atoms with van der Waals surface area (Å²) in [6.45, 7) is 1.83. The van der Waals surface area contributed by atoms with E-state index in [1.807, 2.05) is 0 Å². The number of piperidine rings is 1. The molecule has 2 rings (SSSR count). The molecule has 1 fully saturated rings. The predicted molar refractivity (Wildman–Crippen MR) is 70.5 cm³/mol. The van der Waals surface area contributed by atoms with Gasteiger partial charge in [0.1, 0.15) is 4.90 Å². The van der Waals surface area contributed by atoms with Crippen molar-refractivity contribution in [2.45, 2.75) is 24.2 Å². The van der Waals surface area contributed by atoms with E-state index in [1.165, 1.54) is 12.1 Å². The SMILES string of the molecule is CS(=O)(=O)c1ccc(CC2CCCNC2)c(O)c1F. The maximum Gasteiger partial charge on any atom is 0.183 e. The van der Waals surface area contributed by atoms with E-state index in [-0.39, 0.29) is 0 Å². The number of phenols is 1. The molecule has 0 bridgehead atoms. The van der Waals surface area contributed by atoms with E-state index in [1.54, 1.807) is 0 Å². The minimum absolute atomic E-state index is 0.350. The van der Waals surface area contributed by atoms with Crippen LogP contribution in [0.3, 0.4) is 0 Å². The van der Waals surface area contributed by atoms with Gasteiger partial charge in [-0.3, -0.25) is 0 Å². The van der Waals surface area contributed by atoms with E-state index in [9.17, 15) is 17.9 Å². The number of nitrogens with one attached hydrogen (secondary N) is 1. The van der Waals surface area contributed by atoms with Crippen molar-refractivity contribution < 1.29 is 17.9 Å². The Labute approximate surface area is 112 Å². The minimum atomic E-state index is -3.65. The first-order valence-electron chi connectivity index (χ1n) is 6.30. The molecular formula is C13H18FNO3S. The van der Waals surface area contributed by atoms with Crippen LogP contribution >= 0.6 is 0 Å². The molecule has 0 amide bonds. The number of phenolic OH excluding ortho intramolecular Hbond substituents is 1. The Morgan fingerprint density at radius 2 is 2.21 bits per heavy atom. The quantitative estimate of drug-likeness (QED) is 0.883. The summed E-state index contributed by atoms with van der Waals surface area (Å²) in [4.78, 5) is -0.449. The van der Waals surface area contributed by atoms with Gasteiger partial charge in [-0.2, -0.15) is 0 Å². The highest BCUT2D eigenvalue weighted by Crippen LogP contribution is 2.30. The van der Waals surface area contributed by atoms with Gasteiger partial charge in [0.05, 0.1) is 0 Å². The summed E-state index contributed by atoms with van der Waals surface area (Å²) in [5.41, 5.74) is 0.471. The first-order chi connectivity index (χ1) is 8.89. The third-order valence-electron chi connectivity index (χ3n) is 3.47. The molecule has 0 spiro atoms. The van der Waals surface area contributed by atoms with Gasteiger partial charge in [0.25, 0.3) is 0 Å². The lowest BCUT2D eigenvalue weighted by atomic mass is 9.92. The number of hydrogen-bond acceptors (Lipinski definition) is 4. The lowest BCUT2D eigenvalue weighted by molar-refractivity contribution is 0.363. The second-order valence-corrected chi connectivity index (χ2v) is 7.06. The summed E-state index contributed by atoms with van der Waals surface area (Å²) >= 11 is 0. The molecule has 6 heteroatoms. The van der Waals surface area contributed by atoms with Gasteiger partial charge >= 0.3 is 0 Å². The van der Waals surface area contributed by atoms with E-state index in [0.29, 0.717) is 17.9 Å². The number of aromatic hydroxyl groups is 1. The summed E-state index contributed by atoms with van der Waals surface area (Å²) in [6.07, 6.45) is 3.58. The Hall–Kier alpha value is -1.14. The van der Waals surface area contributed by atoms with Crippen molar-refractivity contribution in [1.29, 1.82) is 0 Å². The summed E-state index contributed by atoms with van der Waals surface area (Å²) in [5.74, 6) is -1.22. The third-order valence-corrected chi connectivity index (χ3v) is 4.59. The van der Waals surface area contributed by atoms with Crippen molar-refractivity contribution in [3.05, 3.63) is 23.5 Å². The largest absolute Gasteiger partial charge is 0.505 e. The van der Waals surface area contributed by atoms with Crippen LogP contribution in [0.15, 0.2) is 17.0 Å². The maximum atomic E-state index is 13.9. The van der Waals surface area contributed by atoms with Crippen LogP contribution in [0.5, 0.6) is 5.75 Å². The van der Waals surface area contributed by atoms with Crippen molar-refractivity contribution >= 4 is 9.84 Å². The third kappa shape index (κ3) is 3.25. The van der Waals surface area contributed by atoms with Crippen LogP contribution in [-0.2, 0) is 16.3 Å². The molecule has 0 radical (unpaired) electrons. The molecule has 2 N–H and O–H groups in total. The van der Waals surface area contributed by atoms with Gasteiger partial charge in [0.15, 0.2) is 21.4 Å². The van der Waals surface area contributed by atoms with Crippen LogP contribution < -0.4 is 5.32 Å². The van der Waals surface area contributed by atoms with Crippen LogP contribution in [-0.4, -0.2) is 32.9 Å². The molecule has 1 atom stereocenters. The zero-order valence-electron chi connectivity index (χ0n) is 10.8. The van der Waals surface area contributed by atoms with E-state index >= 15 is 0 Å². The van der Waals surface area contributed by atoms with E-state index in [0.717, 1.165) is 32.2 Å². The molecule has 1 aliphatic rings. The van der Waals surface area contributed by atoms with Gasteiger partial charge in [-0.05, 0) is 49.9 Å². The van der Waals surface area contributed by atoms with E-state index in [4.69, 9.17) is 0 Å². The fourth-order valence-corrected chi connectivity index (χ4v) is 3.18. The van der Waals surface area contributed by atoms with Crippen LogP contribution in [0.1, 0.15) is 18.4 Å². The first-order valence-corrected chi connectivity index (χ1v) is 8.20. The number of hydrogen-bond donors (Lipinski definition) is 2. The molecule has 0 aliphatic carbocycles. The number of sulfone groups is 1. The van der Waals surface area contributed by atoms with Gasteiger partial charge in [-0.15, -0.1) is 0 Å². The molecular weight excluding hydrogens is 269 g/mol. The van der Waals surface area contributed by atoms with Gasteiger partial charge in [-0.1, -0.05) is 6.07 Å². The molecule has 19 heavy (non-hydrogen) atoms. The maximum absolute atomic E-state index is 13.9. The van der Waals surface area contributed by atoms with Crippen LogP contribution in [0.4, 0.5) is 4.39 Å². The fraction of sp³-hybridized carbons (Fsp3) is 0.538. The Bertz CT molecular complexity index is 565. The molecule has 4 nitrogen and oxygen atoms in total. The second kappa shape index (κ2) is 5.46. The normalized spacial score (nSPS) is 20.4. The van der Waals surface area contributed by atoms with Crippen LogP contribution in [0.25, 0.3) is 0 Å². The fourth-order valence-electron chi connectivity index (χ4n) is 2.45. The van der Waals surface area contributed by atoms with Crippen LogP contribution in [0.2, 0.25) is 0 Å². The molecule has 1 saturated heterocycles. The topological polar surface area (TPSA) is 66.4 Å². The molecule has 1 aromatic rings. The Kier molecular flexibility index (Phi) is 4.10. The smallest absolute Gasteiger partial charge is 0.183 e. The minimum Gasteiger partial charge on any atom is -0.505 e. The number of benzene rings is 1. The summed E-state index contributed by atoms with van der Waals surface area (Å²) in [5, 5.41) is 13.1. The molecule has 1 aromatic carbocycles. The first kappa shape index (κ1) is 14.3. The molecule has 1 unspecified atom stereocenters. The van der Waals surface area contributed by atoms with Crippen molar-refractivity contribution in [2.24, 2.45) is 5.92 Å². The van der Waals surface area contributed by atoms with E-state index < -0.39 is 26.3 Å². The molecule has 1 aliphatic heterocycles. The Morgan fingerprint density at radius 1 is 1.47 bits per heavy atom. The number of rotatable bonds is 3. The predicted octanol–water partition coefficient (Wildman–Crippen LogP) is 1.48. The summed E-state index contributed by atoms with van der Waals surface area (Å²) < 4.78 is 36.6. The highest BCUT2D eigenvalue weighted by molar-refractivity contribution is 7.90.